The van der Waals surface area contributed by atoms with Crippen LogP contribution in [0.15, 0.2) is 6.07 Å². The molecule has 1 rings (SSSR count). The third-order valence-corrected chi connectivity index (χ3v) is 2.28. The van der Waals surface area contributed by atoms with Gasteiger partial charge in [-0.05, 0) is 26.8 Å². The van der Waals surface area contributed by atoms with Crippen molar-refractivity contribution in [3.63, 3.8) is 0 Å². The van der Waals surface area contributed by atoms with Crippen LogP contribution in [-0.4, -0.2) is 21.7 Å². The molecule has 2 unspecified atom stereocenters. The van der Waals surface area contributed by atoms with Crippen molar-refractivity contribution < 1.29 is 4.79 Å². The van der Waals surface area contributed by atoms with Gasteiger partial charge < -0.3 is 11.5 Å². The van der Waals surface area contributed by atoms with Crippen molar-refractivity contribution in [3.8, 4) is 0 Å². The summed E-state index contributed by atoms with van der Waals surface area (Å²) >= 11 is 0. The van der Waals surface area contributed by atoms with Crippen LogP contribution in [0.25, 0.3) is 0 Å². The summed E-state index contributed by atoms with van der Waals surface area (Å²) in [4.78, 5) is 10.9. The maximum atomic E-state index is 10.9. The molecule has 14 heavy (non-hydrogen) atoms. The molecule has 0 aliphatic heterocycles. The highest BCUT2D eigenvalue weighted by atomic mass is 16.1. The maximum absolute atomic E-state index is 10.9. The second-order valence-corrected chi connectivity index (χ2v) is 3.54. The number of carbonyl (C=O) groups excluding carboxylic acids is 1. The van der Waals surface area contributed by atoms with Crippen LogP contribution in [0.3, 0.4) is 0 Å². The molecule has 5 heteroatoms. The van der Waals surface area contributed by atoms with E-state index in [0.29, 0.717) is 0 Å². The Bertz CT molecular complexity index is 345. The molecule has 0 saturated heterocycles. The molecule has 0 aliphatic carbocycles. The van der Waals surface area contributed by atoms with Gasteiger partial charge in [-0.15, -0.1) is 0 Å². The van der Waals surface area contributed by atoms with Crippen molar-refractivity contribution in [2.24, 2.45) is 11.5 Å². The molecule has 0 fully saturated rings. The van der Waals surface area contributed by atoms with Crippen molar-refractivity contribution >= 4 is 5.91 Å². The number of aromatic nitrogens is 2. The van der Waals surface area contributed by atoms with Crippen LogP contribution in [0.2, 0.25) is 0 Å². The zero-order valence-electron chi connectivity index (χ0n) is 8.69. The first-order valence-electron chi connectivity index (χ1n) is 4.51. The molecule has 0 spiro atoms. The summed E-state index contributed by atoms with van der Waals surface area (Å²) in [6.07, 6.45) is 0. The minimum atomic E-state index is -0.701. The standard InChI is InChI=1S/C9H16N4O/c1-5-4-6(2)13(12-5)7(3)8(10)9(11)14/h4,7-8H,10H2,1-3H3,(H2,11,14). The molecule has 2 atom stereocenters. The highest BCUT2D eigenvalue weighted by Crippen LogP contribution is 2.12. The molecule has 78 valence electrons. The van der Waals surface area contributed by atoms with Crippen molar-refractivity contribution in [2.75, 3.05) is 0 Å². The van der Waals surface area contributed by atoms with Crippen molar-refractivity contribution in [3.05, 3.63) is 17.5 Å². The maximum Gasteiger partial charge on any atom is 0.236 e. The molecule has 4 N–H and O–H groups in total. The van der Waals surface area contributed by atoms with Gasteiger partial charge in [0.1, 0.15) is 6.04 Å². The third kappa shape index (κ3) is 1.93. The Morgan fingerprint density at radius 3 is 2.50 bits per heavy atom. The monoisotopic (exact) mass is 196 g/mol. The van der Waals surface area contributed by atoms with Crippen LogP contribution < -0.4 is 11.5 Å². The van der Waals surface area contributed by atoms with Gasteiger partial charge in [0, 0.05) is 5.69 Å². The summed E-state index contributed by atoms with van der Waals surface area (Å²) in [5.41, 5.74) is 12.6. The predicted octanol–water partition coefficient (Wildman–Crippen LogP) is -0.126. The van der Waals surface area contributed by atoms with E-state index in [9.17, 15) is 4.79 Å². The molecule has 0 bridgehead atoms. The smallest absolute Gasteiger partial charge is 0.236 e. The summed E-state index contributed by atoms with van der Waals surface area (Å²) in [6.45, 7) is 5.64. The van der Waals surface area contributed by atoms with Gasteiger partial charge in [-0.25, -0.2) is 0 Å². The number of hydrogen-bond donors (Lipinski definition) is 2. The summed E-state index contributed by atoms with van der Waals surface area (Å²) in [7, 11) is 0. The number of carbonyl (C=O) groups is 1. The number of nitrogens with zero attached hydrogens (tertiary/aromatic N) is 2. The first-order chi connectivity index (χ1) is 6.43. The Labute approximate surface area is 83.1 Å². The van der Waals surface area contributed by atoms with Crippen LogP contribution in [0.5, 0.6) is 0 Å². The molecule has 5 nitrogen and oxygen atoms in total. The molecule has 0 aromatic carbocycles. The highest BCUT2D eigenvalue weighted by Gasteiger charge is 2.21. The summed E-state index contributed by atoms with van der Waals surface area (Å²) in [5, 5.41) is 4.24. The fourth-order valence-electron chi connectivity index (χ4n) is 1.45. The lowest BCUT2D eigenvalue weighted by molar-refractivity contribution is -0.120. The van der Waals surface area contributed by atoms with E-state index in [4.69, 9.17) is 11.5 Å². The summed E-state index contributed by atoms with van der Waals surface area (Å²) in [6, 6.07) is 1.03. The Balaban J connectivity index is 2.94. The quantitative estimate of drug-likeness (QED) is 0.706. The second-order valence-electron chi connectivity index (χ2n) is 3.54. The number of amides is 1. The zero-order chi connectivity index (χ0) is 10.9. The SMILES string of the molecule is Cc1cc(C)n(C(C)C(N)C(N)=O)n1. The van der Waals surface area contributed by atoms with Gasteiger partial charge >= 0.3 is 0 Å². The molecule has 0 saturated carbocycles. The number of rotatable bonds is 3. The lowest BCUT2D eigenvalue weighted by Gasteiger charge is -2.18. The van der Waals surface area contributed by atoms with Crippen LogP contribution in [0, 0.1) is 13.8 Å². The van der Waals surface area contributed by atoms with Gasteiger partial charge in [0.05, 0.1) is 11.7 Å². The van der Waals surface area contributed by atoms with E-state index in [0.717, 1.165) is 11.4 Å². The molecule has 0 aliphatic rings. The van der Waals surface area contributed by atoms with Gasteiger partial charge in [0.15, 0.2) is 0 Å². The van der Waals surface area contributed by atoms with Crippen LogP contribution in [0.1, 0.15) is 24.4 Å². The highest BCUT2D eigenvalue weighted by molar-refractivity contribution is 5.80. The van der Waals surface area contributed by atoms with E-state index >= 15 is 0 Å². The fourth-order valence-corrected chi connectivity index (χ4v) is 1.45. The number of primary amides is 1. The van der Waals surface area contributed by atoms with Gasteiger partial charge in [-0.2, -0.15) is 5.10 Å². The molecule has 1 heterocycles. The summed E-state index contributed by atoms with van der Waals surface area (Å²) < 4.78 is 1.73. The Hall–Kier alpha value is -1.36. The summed E-state index contributed by atoms with van der Waals surface area (Å²) in [5.74, 6) is -0.509. The average molecular weight is 196 g/mol. The van der Waals surface area contributed by atoms with Crippen molar-refractivity contribution in [1.82, 2.24) is 9.78 Å². The molecular formula is C9H16N4O. The first kappa shape index (κ1) is 10.7. The van der Waals surface area contributed by atoms with E-state index in [2.05, 4.69) is 5.10 Å². The van der Waals surface area contributed by atoms with Gasteiger partial charge in [-0.3, -0.25) is 9.48 Å². The van der Waals surface area contributed by atoms with E-state index in [1.807, 2.05) is 26.8 Å². The molecule has 1 aromatic rings. The molecule has 0 radical (unpaired) electrons. The largest absolute Gasteiger partial charge is 0.368 e. The van der Waals surface area contributed by atoms with Crippen LogP contribution in [-0.2, 0) is 4.79 Å². The number of hydrogen-bond acceptors (Lipinski definition) is 3. The van der Waals surface area contributed by atoms with Gasteiger partial charge in [0.2, 0.25) is 5.91 Å². The Kier molecular flexibility index (Phi) is 2.90. The Morgan fingerprint density at radius 1 is 1.57 bits per heavy atom. The zero-order valence-corrected chi connectivity index (χ0v) is 8.69. The van der Waals surface area contributed by atoms with E-state index < -0.39 is 11.9 Å². The minimum absolute atomic E-state index is 0.207. The average Bonchev–Trinajstić information content (AvgIpc) is 2.42. The van der Waals surface area contributed by atoms with Gasteiger partial charge in [0.25, 0.3) is 0 Å². The number of aryl methyl sites for hydroxylation is 2. The second kappa shape index (κ2) is 3.79. The van der Waals surface area contributed by atoms with Gasteiger partial charge in [-0.1, -0.05) is 0 Å². The molecule has 1 amide bonds. The fraction of sp³-hybridized carbons (Fsp3) is 0.556. The lowest BCUT2D eigenvalue weighted by Crippen LogP contribution is -2.43. The predicted molar refractivity (Wildman–Crippen MR) is 53.6 cm³/mol. The molecular weight excluding hydrogens is 180 g/mol. The van der Waals surface area contributed by atoms with E-state index in [1.165, 1.54) is 0 Å². The topological polar surface area (TPSA) is 86.9 Å². The van der Waals surface area contributed by atoms with Crippen molar-refractivity contribution in [2.45, 2.75) is 32.9 Å². The van der Waals surface area contributed by atoms with E-state index in [1.54, 1.807) is 4.68 Å². The first-order valence-corrected chi connectivity index (χ1v) is 4.51. The minimum Gasteiger partial charge on any atom is -0.368 e. The normalized spacial score (nSPS) is 15.1. The van der Waals surface area contributed by atoms with Crippen LogP contribution >= 0.6 is 0 Å². The van der Waals surface area contributed by atoms with E-state index in [-0.39, 0.29) is 6.04 Å². The third-order valence-electron chi connectivity index (χ3n) is 2.28. The van der Waals surface area contributed by atoms with Crippen LogP contribution in [0.4, 0.5) is 0 Å². The molecule has 1 aromatic heterocycles. The number of nitrogens with two attached hydrogens (primary N) is 2. The lowest BCUT2D eigenvalue weighted by atomic mass is 10.1. The Morgan fingerprint density at radius 2 is 2.14 bits per heavy atom. The van der Waals surface area contributed by atoms with Crippen molar-refractivity contribution in [1.29, 1.82) is 0 Å².